The lowest BCUT2D eigenvalue weighted by Crippen LogP contribution is -2.43. The van der Waals surface area contributed by atoms with Crippen LogP contribution in [0.4, 0.5) is 0 Å². The van der Waals surface area contributed by atoms with Gasteiger partial charge < -0.3 is 10.1 Å². The van der Waals surface area contributed by atoms with Crippen molar-refractivity contribution in [2.75, 3.05) is 7.11 Å². The van der Waals surface area contributed by atoms with Crippen LogP contribution in [0.2, 0.25) is 10.0 Å². The number of nitriles is 1. The van der Waals surface area contributed by atoms with Crippen molar-refractivity contribution in [1.29, 1.82) is 5.26 Å². The van der Waals surface area contributed by atoms with Crippen LogP contribution in [0.15, 0.2) is 42.5 Å². The summed E-state index contributed by atoms with van der Waals surface area (Å²) in [7, 11) is 1.23. The Morgan fingerprint density at radius 1 is 1.16 bits per heavy atom. The predicted octanol–water partition coefficient (Wildman–Crippen LogP) is 3.38. The molecule has 0 aliphatic heterocycles. The minimum absolute atomic E-state index is 0.0905. The maximum absolute atomic E-state index is 12.4. The quantitative estimate of drug-likeness (QED) is 0.811. The Balaban J connectivity index is 2.21. The molecule has 2 aromatic carbocycles. The number of amides is 1. The molecule has 0 fully saturated rings. The summed E-state index contributed by atoms with van der Waals surface area (Å²) in [5.41, 5.74) is 1.29. The average Bonchev–Trinajstić information content (AvgIpc) is 2.63. The third kappa shape index (κ3) is 4.72. The van der Waals surface area contributed by atoms with E-state index >= 15 is 0 Å². The Labute approximate surface area is 155 Å². The molecule has 0 aliphatic rings. The lowest BCUT2D eigenvalue weighted by Gasteiger charge is -2.18. The first kappa shape index (κ1) is 18.8. The SMILES string of the molecule is COC(=O)[C@@H](Cc1c(Cl)cccc1Cl)NC(=O)c1ccc(C#N)cc1. The van der Waals surface area contributed by atoms with Gasteiger partial charge >= 0.3 is 5.97 Å². The number of ether oxygens (including phenoxy) is 1. The molecule has 0 saturated heterocycles. The van der Waals surface area contributed by atoms with Crippen molar-refractivity contribution in [3.05, 3.63) is 69.2 Å². The van der Waals surface area contributed by atoms with Gasteiger partial charge in [0.1, 0.15) is 6.04 Å². The molecule has 0 saturated carbocycles. The summed E-state index contributed by atoms with van der Waals surface area (Å²) in [6, 6.07) is 12.1. The Morgan fingerprint density at radius 2 is 1.76 bits per heavy atom. The molecular weight excluding hydrogens is 363 g/mol. The molecule has 0 heterocycles. The molecule has 1 amide bonds. The summed E-state index contributed by atoms with van der Waals surface area (Å²) in [5, 5.41) is 12.2. The Kier molecular flexibility index (Phi) is 6.40. The fourth-order valence-corrected chi connectivity index (χ4v) is 2.76. The zero-order valence-corrected chi connectivity index (χ0v) is 14.8. The molecule has 0 aromatic heterocycles. The second-order valence-electron chi connectivity index (χ2n) is 5.14. The first-order chi connectivity index (χ1) is 12.0. The van der Waals surface area contributed by atoms with Gasteiger partial charge in [-0.1, -0.05) is 29.3 Å². The number of benzene rings is 2. The molecule has 25 heavy (non-hydrogen) atoms. The number of nitrogens with zero attached hydrogens (tertiary/aromatic N) is 1. The third-order valence-corrected chi connectivity index (χ3v) is 4.25. The number of carbonyl (C=O) groups excluding carboxylic acids is 2. The molecule has 2 rings (SSSR count). The van der Waals surface area contributed by atoms with Crippen LogP contribution >= 0.6 is 23.2 Å². The zero-order chi connectivity index (χ0) is 18.4. The lowest BCUT2D eigenvalue weighted by atomic mass is 10.0. The second-order valence-corrected chi connectivity index (χ2v) is 5.96. The van der Waals surface area contributed by atoms with Gasteiger partial charge in [-0.15, -0.1) is 0 Å². The van der Waals surface area contributed by atoms with Crippen molar-refractivity contribution in [3.63, 3.8) is 0 Å². The van der Waals surface area contributed by atoms with E-state index in [4.69, 9.17) is 33.2 Å². The second kappa shape index (κ2) is 8.52. The van der Waals surface area contributed by atoms with Crippen LogP contribution < -0.4 is 5.32 Å². The monoisotopic (exact) mass is 376 g/mol. The number of carbonyl (C=O) groups is 2. The van der Waals surface area contributed by atoms with Crippen molar-refractivity contribution in [3.8, 4) is 6.07 Å². The van der Waals surface area contributed by atoms with E-state index in [1.165, 1.54) is 31.4 Å². The number of nitrogens with one attached hydrogen (secondary N) is 1. The standard InChI is InChI=1S/C18H14Cl2N2O3/c1-25-18(24)16(9-13-14(19)3-2-4-15(13)20)22-17(23)12-7-5-11(10-21)6-8-12/h2-8,16H,9H2,1H3,(H,22,23)/t16-/m1/s1. The summed E-state index contributed by atoms with van der Waals surface area (Å²) in [6.45, 7) is 0. The van der Waals surface area contributed by atoms with E-state index in [-0.39, 0.29) is 6.42 Å². The summed E-state index contributed by atoms with van der Waals surface area (Å²) < 4.78 is 4.75. The normalized spacial score (nSPS) is 11.3. The Bertz CT molecular complexity index is 809. The third-order valence-electron chi connectivity index (χ3n) is 3.54. The van der Waals surface area contributed by atoms with Gasteiger partial charge in [-0.05, 0) is 42.0 Å². The maximum Gasteiger partial charge on any atom is 0.328 e. The van der Waals surface area contributed by atoms with E-state index in [1.807, 2.05) is 6.07 Å². The van der Waals surface area contributed by atoms with E-state index in [0.29, 0.717) is 26.7 Å². The van der Waals surface area contributed by atoms with Gasteiger partial charge in [-0.2, -0.15) is 5.26 Å². The fourth-order valence-electron chi connectivity index (χ4n) is 2.20. The van der Waals surface area contributed by atoms with Gasteiger partial charge in [-0.3, -0.25) is 4.79 Å². The first-order valence-corrected chi connectivity index (χ1v) is 8.03. The van der Waals surface area contributed by atoms with Gasteiger partial charge in [0.15, 0.2) is 0 Å². The van der Waals surface area contributed by atoms with E-state index in [2.05, 4.69) is 5.32 Å². The fraction of sp³-hybridized carbons (Fsp3) is 0.167. The van der Waals surface area contributed by atoms with Gasteiger partial charge in [0.2, 0.25) is 0 Å². The van der Waals surface area contributed by atoms with Crippen LogP contribution in [0.3, 0.4) is 0 Å². The number of methoxy groups -OCH3 is 1. The molecule has 0 spiro atoms. The number of rotatable bonds is 5. The largest absolute Gasteiger partial charge is 0.467 e. The van der Waals surface area contributed by atoms with Crippen LogP contribution in [0, 0.1) is 11.3 Å². The van der Waals surface area contributed by atoms with Crippen molar-refractivity contribution in [2.24, 2.45) is 0 Å². The topological polar surface area (TPSA) is 79.2 Å². The zero-order valence-electron chi connectivity index (χ0n) is 13.3. The van der Waals surface area contributed by atoms with Crippen LogP contribution in [0.1, 0.15) is 21.5 Å². The van der Waals surface area contributed by atoms with Crippen molar-refractivity contribution < 1.29 is 14.3 Å². The Hall–Kier alpha value is -2.55. The highest BCUT2D eigenvalue weighted by atomic mass is 35.5. The number of hydrogen-bond acceptors (Lipinski definition) is 4. The minimum atomic E-state index is -0.953. The van der Waals surface area contributed by atoms with Gasteiger partial charge in [-0.25, -0.2) is 4.79 Å². The smallest absolute Gasteiger partial charge is 0.328 e. The molecule has 1 N–H and O–H groups in total. The van der Waals surface area contributed by atoms with Gasteiger partial charge in [0, 0.05) is 22.0 Å². The highest BCUT2D eigenvalue weighted by Gasteiger charge is 2.24. The maximum atomic E-state index is 12.4. The summed E-state index contributed by atoms with van der Waals surface area (Å²) in [5.74, 6) is -1.08. The molecule has 7 heteroatoms. The molecule has 1 atom stereocenters. The van der Waals surface area contributed by atoms with E-state index in [0.717, 1.165) is 0 Å². The summed E-state index contributed by atoms with van der Waals surface area (Å²) in [4.78, 5) is 24.4. The summed E-state index contributed by atoms with van der Waals surface area (Å²) in [6.07, 6.45) is 0.0905. The molecule has 0 bridgehead atoms. The molecule has 0 radical (unpaired) electrons. The average molecular weight is 377 g/mol. The number of halogens is 2. The number of hydrogen-bond donors (Lipinski definition) is 1. The molecule has 5 nitrogen and oxygen atoms in total. The first-order valence-electron chi connectivity index (χ1n) is 7.28. The van der Waals surface area contributed by atoms with Gasteiger partial charge in [0.25, 0.3) is 5.91 Å². The molecular formula is C18H14Cl2N2O3. The van der Waals surface area contributed by atoms with Crippen LogP contribution in [-0.2, 0) is 16.0 Å². The lowest BCUT2D eigenvalue weighted by molar-refractivity contribution is -0.142. The van der Waals surface area contributed by atoms with E-state index < -0.39 is 17.9 Å². The highest BCUT2D eigenvalue weighted by molar-refractivity contribution is 6.36. The van der Waals surface area contributed by atoms with E-state index in [1.54, 1.807) is 18.2 Å². The minimum Gasteiger partial charge on any atom is -0.467 e. The highest BCUT2D eigenvalue weighted by Crippen LogP contribution is 2.25. The summed E-state index contributed by atoms with van der Waals surface area (Å²) >= 11 is 12.3. The predicted molar refractivity (Wildman–Crippen MR) is 94.6 cm³/mol. The van der Waals surface area contributed by atoms with Crippen molar-refractivity contribution in [2.45, 2.75) is 12.5 Å². The van der Waals surface area contributed by atoms with Crippen LogP contribution in [0.5, 0.6) is 0 Å². The van der Waals surface area contributed by atoms with Crippen LogP contribution in [0.25, 0.3) is 0 Å². The van der Waals surface area contributed by atoms with Crippen molar-refractivity contribution >= 4 is 35.1 Å². The molecule has 128 valence electrons. The van der Waals surface area contributed by atoms with Crippen molar-refractivity contribution in [1.82, 2.24) is 5.32 Å². The Morgan fingerprint density at radius 3 is 2.28 bits per heavy atom. The molecule has 2 aromatic rings. The number of esters is 1. The molecule has 0 aliphatic carbocycles. The van der Waals surface area contributed by atoms with Gasteiger partial charge in [0.05, 0.1) is 18.7 Å². The van der Waals surface area contributed by atoms with Crippen LogP contribution in [-0.4, -0.2) is 25.0 Å². The van der Waals surface area contributed by atoms with E-state index in [9.17, 15) is 9.59 Å². The molecule has 0 unspecified atom stereocenters.